The molecule has 0 aliphatic carbocycles. The van der Waals surface area contributed by atoms with Crippen LogP contribution in [0.5, 0.6) is 0 Å². The summed E-state index contributed by atoms with van der Waals surface area (Å²) in [5, 5.41) is 7.55. The molecular formula is C18H27N5. The Morgan fingerprint density at radius 2 is 2.04 bits per heavy atom. The van der Waals surface area contributed by atoms with Gasteiger partial charge in [0, 0.05) is 19.3 Å². The maximum absolute atomic E-state index is 5.87. The first-order valence-electron chi connectivity index (χ1n) is 8.42. The van der Waals surface area contributed by atoms with Crippen molar-refractivity contribution in [2.75, 3.05) is 13.1 Å². The monoisotopic (exact) mass is 313 g/mol. The summed E-state index contributed by atoms with van der Waals surface area (Å²) in [6.45, 7) is 3.79. The summed E-state index contributed by atoms with van der Waals surface area (Å²) in [5.41, 5.74) is 8.11. The zero-order chi connectivity index (χ0) is 16.3. The third kappa shape index (κ3) is 6.14. The predicted molar refractivity (Wildman–Crippen MR) is 95.9 cm³/mol. The molecule has 2 aromatic rings. The second-order valence-corrected chi connectivity index (χ2v) is 5.63. The van der Waals surface area contributed by atoms with Gasteiger partial charge in [-0.1, -0.05) is 44.4 Å². The van der Waals surface area contributed by atoms with Crippen LogP contribution in [-0.2, 0) is 6.42 Å². The Kier molecular flexibility index (Phi) is 7.17. The number of aliphatic imine (C=N–C) groups is 1. The van der Waals surface area contributed by atoms with Crippen LogP contribution in [0.4, 0.5) is 0 Å². The van der Waals surface area contributed by atoms with Gasteiger partial charge in [0.15, 0.2) is 5.96 Å². The van der Waals surface area contributed by atoms with Crippen molar-refractivity contribution >= 4 is 5.96 Å². The normalized spacial score (nSPS) is 11.6. The molecule has 5 nitrogen and oxygen atoms in total. The lowest BCUT2D eigenvalue weighted by molar-refractivity contribution is 0.673. The molecule has 0 fully saturated rings. The fourth-order valence-corrected chi connectivity index (χ4v) is 2.34. The number of nitrogens with two attached hydrogens (primary N) is 1. The molecule has 23 heavy (non-hydrogen) atoms. The molecular weight excluding hydrogens is 286 g/mol. The van der Waals surface area contributed by atoms with E-state index < -0.39 is 0 Å². The summed E-state index contributed by atoms with van der Waals surface area (Å²) < 4.78 is 1.89. The van der Waals surface area contributed by atoms with Gasteiger partial charge in [0.2, 0.25) is 0 Å². The first-order chi connectivity index (χ1) is 11.3. The van der Waals surface area contributed by atoms with Crippen molar-refractivity contribution in [3.63, 3.8) is 0 Å². The molecule has 3 N–H and O–H groups in total. The minimum atomic E-state index is 0.539. The molecule has 5 heteroatoms. The Hall–Kier alpha value is -2.30. The lowest BCUT2D eigenvalue weighted by Crippen LogP contribution is -2.33. The quantitative estimate of drug-likeness (QED) is 0.425. The number of benzene rings is 1. The van der Waals surface area contributed by atoms with Crippen molar-refractivity contribution < 1.29 is 0 Å². The van der Waals surface area contributed by atoms with Crippen molar-refractivity contribution in [2.45, 2.75) is 39.0 Å². The van der Waals surface area contributed by atoms with Gasteiger partial charge < -0.3 is 11.1 Å². The maximum atomic E-state index is 5.87. The number of nitrogens with zero attached hydrogens (tertiary/aromatic N) is 3. The van der Waals surface area contributed by atoms with Crippen LogP contribution < -0.4 is 11.1 Å². The van der Waals surface area contributed by atoms with Gasteiger partial charge in [-0.15, -0.1) is 0 Å². The third-order valence-electron chi connectivity index (χ3n) is 3.67. The van der Waals surface area contributed by atoms with Crippen LogP contribution in [0.25, 0.3) is 5.69 Å². The van der Waals surface area contributed by atoms with Crippen molar-refractivity contribution in [3.8, 4) is 5.69 Å². The predicted octanol–water partition coefficient (Wildman–Crippen LogP) is 2.90. The average Bonchev–Trinajstić information content (AvgIpc) is 3.04. The number of nitrogens with one attached hydrogen (secondary N) is 1. The second-order valence-electron chi connectivity index (χ2n) is 5.63. The molecule has 0 amide bonds. The summed E-state index contributed by atoms with van der Waals surface area (Å²) in [6, 6.07) is 10.1. The van der Waals surface area contributed by atoms with E-state index in [1.807, 2.05) is 41.2 Å². The van der Waals surface area contributed by atoms with E-state index in [9.17, 15) is 0 Å². The fraction of sp³-hybridized carbons (Fsp3) is 0.444. The topological polar surface area (TPSA) is 68.2 Å². The molecule has 1 aromatic heterocycles. The summed E-state index contributed by atoms with van der Waals surface area (Å²) in [4.78, 5) is 4.34. The minimum Gasteiger partial charge on any atom is -0.370 e. The zero-order valence-corrected chi connectivity index (χ0v) is 13.9. The van der Waals surface area contributed by atoms with Crippen LogP contribution in [-0.4, -0.2) is 28.8 Å². The minimum absolute atomic E-state index is 0.539. The Labute approximate surface area is 138 Å². The Morgan fingerprint density at radius 3 is 2.83 bits per heavy atom. The van der Waals surface area contributed by atoms with Gasteiger partial charge in [0.25, 0.3) is 0 Å². The SMILES string of the molecule is CCCCCCN=C(N)NCCc1cnn(-c2ccccc2)c1. The molecule has 0 bridgehead atoms. The average molecular weight is 313 g/mol. The highest BCUT2D eigenvalue weighted by molar-refractivity contribution is 5.77. The lowest BCUT2D eigenvalue weighted by Gasteiger charge is -2.04. The number of rotatable bonds is 9. The molecule has 0 saturated heterocycles. The molecule has 0 unspecified atom stereocenters. The number of unbranched alkanes of at least 4 members (excludes halogenated alkanes) is 3. The molecule has 1 heterocycles. The second kappa shape index (κ2) is 9.66. The van der Waals surface area contributed by atoms with E-state index in [1.165, 1.54) is 24.8 Å². The van der Waals surface area contributed by atoms with E-state index in [1.54, 1.807) is 0 Å². The van der Waals surface area contributed by atoms with Crippen LogP contribution in [0, 0.1) is 0 Å². The molecule has 0 radical (unpaired) electrons. The third-order valence-corrected chi connectivity index (χ3v) is 3.67. The first kappa shape index (κ1) is 17.1. The Morgan fingerprint density at radius 1 is 1.22 bits per heavy atom. The standard InChI is InChI=1S/C18H27N5/c1-2-3-4-8-12-20-18(19)21-13-11-16-14-22-23(15-16)17-9-6-5-7-10-17/h5-7,9-10,14-15H,2-4,8,11-13H2,1H3,(H3,19,20,21). The van der Waals surface area contributed by atoms with Gasteiger partial charge in [0.1, 0.15) is 0 Å². The largest absolute Gasteiger partial charge is 0.370 e. The summed E-state index contributed by atoms with van der Waals surface area (Å²) in [5.74, 6) is 0.539. The number of aromatic nitrogens is 2. The molecule has 124 valence electrons. The van der Waals surface area contributed by atoms with Gasteiger partial charge in [0.05, 0.1) is 11.9 Å². The molecule has 0 spiro atoms. The maximum Gasteiger partial charge on any atom is 0.188 e. The van der Waals surface area contributed by atoms with Gasteiger partial charge >= 0.3 is 0 Å². The zero-order valence-electron chi connectivity index (χ0n) is 13.9. The van der Waals surface area contributed by atoms with Gasteiger partial charge in [-0.25, -0.2) is 4.68 Å². The number of guanidine groups is 1. The summed E-state index contributed by atoms with van der Waals surface area (Å²) >= 11 is 0. The van der Waals surface area contributed by atoms with Crippen LogP contribution in [0.2, 0.25) is 0 Å². The summed E-state index contributed by atoms with van der Waals surface area (Å²) in [6.07, 6.45) is 9.68. The number of hydrogen-bond acceptors (Lipinski definition) is 2. The van der Waals surface area contributed by atoms with Gasteiger partial charge in [-0.05, 0) is 30.5 Å². The summed E-state index contributed by atoms with van der Waals surface area (Å²) in [7, 11) is 0. The highest BCUT2D eigenvalue weighted by Crippen LogP contribution is 2.07. The van der Waals surface area contributed by atoms with Gasteiger partial charge in [-0.3, -0.25) is 4.99 Å². The van der Waals surface area contributed by atoms with Crippen LogP contribution >= 0.6 is 0 Å². The molecule has 1 aromatic carbocycles. The number of hydrogen-bond donors (Lipinski definition) is 2. The molecule has 0 atom stereocenters. The van der Waals surface area contributed by atoms with E-state index in [-0.39, 0.29) is 0 Å². The highest BCUT2D eigenvalue weighted by Gasteiger charge is 2.01. The lowest BCUT2D eigenvalue weighted by atomic mass is 10.2. The highest BCUT2D eigenvalue weighted by atomic mass is 15.3. The van der Waals surface area contributed by atoms with Crippen molar-refractivity contribution in [1.29, 1.82) is 0 Å². The number of para-hydroxylation sites is 1. The fourth-order valence-electron chi connectivity index (χ4n) is 2.34. The van der Waals surface area contributed by atoms with Crippen molar-refractivity contribution in [2.24, 2.45) is 10.7 Å². The van der Waals surface area contributed by atoms with Crippen molar-refractivity contribution in [1.82, 2.24) is 15.1 Å². The van der Waals surface area contributed by atoms with E-state index >= 15 is 0 Å². The molecule has 0 aliphatic heterocycles. The smallest absolute Gasteiger partial charge is 0.188 e. The van der Waals surface area contributed by atoms with E-state index in [4.69, 9.17) is 5.73 Å². The van der Waals surface area contributed by atoms with Crippen LogP contribution in [0.3, 0.4) is 0 Å². The van der Waals surface area contributed by atoms with E-state index in [0.29, 0.717) is 5.96 Å². The van der Waals surface area contributed by atoms with E-state index in [2.05, 4.69) is 28.5 Å². The van der Waals surface area contributed by atoms with Gasteiger partial charge in [-0.2, -0.15) is 5.10 Å². The van der Waals surface area contributed by atoms with Crippen LogP contribution in [0.1, 0.15) is 38.2 Å². The Bertz CT molecular complexity index is 588. The first-order valence-corrected chi connectivity index (χ1v) is 8.42. The molecule has 0 saturated carbocycles. The molecule has 0 aliphatic rings. The molecule has 2 rings (SSSR count). The van der Waals surface area contributed by atoms with Crippen LogP contribution in [0.15, 0.2) is 47.7 Å². The van der Waals surface area contributed by atoms with E-state index in [0.717, 1.165) is 31.6 Å². The van der Waals surface area contributed by atoms with Crippen molar-refractivity contribution in [3.05, 3.63) is 48.3 Å². The Balaban J connectivity index is 1.70.